The predicted molar refractivity (Wildman–Crippen MR) is 131 cm³/mol. The molecule has 1 N–H and O–H groups in total. The van der Waals surface area contributed by atoms with Crippen LogP contribution in [0.15, 0.2) is 85.3 Å². The first-order chi connectivity index (χ1) is 16.6. The van der Waals surface area contributed by atoms with Crippen molar-refractivity contribution in [1.29, 1.82) is 0 Å². The Hall–Kier alpha value is -4.13. The highest BCUT2D eigenvalue weighted by molar-refractivity contribution is 5.98. The summed E-state index contributed by atoms with van der Waals surface area (Å²) in [5.74, 6) is 0.274. The molecule has 0 bridgehead atoms. The monoisotopic (exact) mass is 453 g/mol. The normalized spacial score (nSPS) is 15.8. The summed E-state index contributed by atoms with van der Waals surface area (Å²) in [4.78, 5) is 28.4. The van der Waals surface area contributed by atoms with E-state index in [1.165, 1.54) is 0 Å². The zero-order chi connectivity index (χ0) is 23.5. The number of likely N-dealkylation sites (tertiary alicyclic amines) is 1. The molecule has 1 atom stereocenters. The number of carbonyl (C=O) groups is 2. The van der Waals surface area contributed by atoms with Gasteiger partial charge < -0.3 is 14.8 Å². The summed E-state index contributed by atoms with van der Waals surface area (Å²) in [6.07, 6.45) is 6.97. The summed E-state index contributed by atoms with van der Waals surface area (Å²) in [6, 6.07) is 21.3. The Morgan fingerprint density at radius 1 is 0.971 bits per heavy atom. The van der Waals surface area contributed by atoms with Crippen LogP contribution in [0.5, 0.6) is 0 Å². The Morgan fingerprint density at radius 3 is 2.44 bits per heavy atom. The third-order valence-corrected chi connectivity index (χ3v) is 6.22. The van der Waals surface area contributed by atoms with Crippen LogP contribution in [0.3, 0.4) is 0 Å². The molecule has 7 nitrogen and oxygen atoms in total. The first kappa shape index (κ1) is 21.7. The van der Waals surface area contributed by atoms with E-state index >= 15 is 0 Å². The molecular formula is C27H27N5O2. The molecule has 1 aliphatic rings. The van der Waals surface area contributed by atoms with Gasteiger partial charge in [0, 0.05) is 31.2 Å². The summed E-state index contributed by atoms with van der Waals surface area (Å²) in [7, 11) is 0. The number of benzene rings is 2. The van der Waals surface area contributed by atoms with Gasteiger partial charge in [0.05, 0.1) is 17.8 Å². The maximum absolute atomic E-state index is 13.7. The summed E-state index contributed by atoms with van der Waals surface area (Å²) in [5, 5.41) is 7.54. The number of aromatic nitrogens is 3. The Kier molecular flexibility index (Phi) is 5.99. The third-order valence-electron chi connectivity index (χ3n) is 6.22. The summed E-state index contributed by atoms with van der Waals surface area (Å²) in [6.45, 7) is 3.02. The van der Waals surface area contributed by atoms with Crippen molar-refractivity contribution < 1.29 is 9.59 Å². The van der Waals surface area contributed by atoms with Crippen LogP contribution in [0.1, 0.15) is 28.8 Å². The van der Waals surface area contributed by atoms with E-state index in [-0.39, 0.29) is 17.7 Å². The number of carbonyl (C=O) groups excluding carboxylic acids is 2. The van der Waals surface area contributed by atoms with Crippen molar-refractivity contribution in [2.75, 3.05) is 18.4 Å². The minimum Gasteiger partial charge on any atom is -0.338 e. The topological polar surface area (TPSA) is 72.2 Å². The number of hydrogen-bond acceptors (Lipinski definition) is 3. The van der Waals surface area contributed by atoms with E-state index in [1.54, 1.807) is 15.8 Å². The SMILES string of the molecule is Cc1ccc(NC(=O)[C@@H]2CCCN(C(=O)c3cnn(-c4ccccc4)c3-n3cccc3)C2)cc1. The fraction of sp³-hybridized carbons (Fsp3) is 0.222. The van der Waals surface area contributed by atoms with Gasteiger partial charge in [-0.05, 0) is 56.2 Å². The molecule has 7 heteroatoms. The van der Waals surface area contributed by atoms with Gasteiger partial charge in [0.15, 0.2) is 5.82 Å². The molecule has 172 valence electrons. The van der Waals surface area contributed by atoms with Gasteiger partial charge in [-0.3, -0.25) is 9.59 Å². The van der Waals surface area contributed by atoms with E-state index in [0.29, 0.717) is 24.5 Å². The zero-order valence-corrected chi connectivity index (χ0v) is 19.1. The number of rotatable bonds is 5. The molecule has 2 aromatic heterocycles. The number of nitrogens with zero attached hydrogens (tertiary/aromatic N) is 4. The molecular weight excluding hydrogens is 426 g/mol. The van der Waals surface area contributed by atoms with Crippen LogP contribution in [0.4, 0.5) is 5.69 Å². The Labute approximate surface area is 198 Å². The molecule has 4 aromatic rings. The van der Waals surface area contributed by atoms with Gasteiger partial charge in [0.2, 0.25) is 5.91 Å². The number of aryl methyl sites for hydroxylation is 1. The Balaban J connectivity index is 1.38. The van der Waals surface area contributed by atoms with Crippen LogP contribution in [0.2, 0.25) is 0 Å². The molecule has 0 unspecified atom stereocenters. The lowest BCUT2D eigenvalue weighted by Gasteiger charge is -2.32. The molecule has 1 saturated heterocycles. The lowest BCUT2D eigenvalue weighted by atomic mass is 9.96. The maximum Gasteiger partial charge on any atom is 0.259 e. The third kappa shape index (κ3) is 4.37. The minimum absolute atomic E-state index is 0.0491. The van der Waals surface area contributed by atoms with Crippen molar-refractivity contribution in [3.05, 3.63) is 96.4 Å². The number of hydrogen-bond donors (Lipinski definition) is 1. The molecule has 34 heavy (non-hydrogen) atoms. The van der Waals surface area contributed by atoms with E-state index in [2.05, 4.69) is 10.4 Å². The van der Waals surface area contributed by atoms with Crippen molar-refractivity contribution in [1.82, 2.24) is 19.2 Å². The summed E-state index contributed by atoms with van der Waals surface area (Å²) < 4.78 is 3.68. The number of piperidine rings is 1. The highest BCUT2D eigenvalue weighted by Gasteiger charge is 2.31. The lowest BCUT2D eigenvalue weighted by Crippen LogP contribution is -2.44. The molecule has 0 radical (unpaired) electrons. The van der Waals surface area contributed by atoms with Crippen molar-refractivity contribution in [3.8, 4) is 11.5 Å². The van der Waals surface area contributed by atoms with Crippen LogP contribution in [0.25, 0.3) is 11.5 Å². The van der Waals surface area contributed by atoms with E-state index in [4.69, 9.17) is 0 Å². The van der Waals surface area contributed by atoms with Crippen molar-refractivity contribution >= 4 is 17.5 Å². The first-order valence-corrected chi connectivity index (χ1v) is 11.5. The molecule has 5 rings (SSSR count). The first-order valence-electron chi connectivity index (χ1n) is 11.5. The second-order valence-electron chi connectivity index (χ2n) is 8.67. The van der Waals surface area contributed by atoms with Crippen LogP contribution in [-0.4, -0.2) is 44.2 Å². The predicted octanol–water partition coefficient (Wildman–Crippen LogP) is 4.46. The van der Waals surface area contributed by atoms with Gasteiger partial charge in [-0.25, -0.2) is 4.68 Å². The minimum atomic E-state index is -0.252. The summed E-state index contributed by atoms with van der Waals surface area (Å²) >= 11 is 0. The number of nitrogens with one attached hydrogen (secondary N) is 1. The smallest absolute Gasteiger partial charge is 0.259 e. The molecule has 1 aliphatic heterocycles. The van der Waals surface area contributed by atoms with Crippen LogP contribution in [-0.2, 0) is 4.79 Å². The molecule has 2 aromatic carbocycles. The molecule has 3 heterocycles. The standard InChI is InChI=1S/C27H27N5O2/c1-20-11-13-22(14-12-20)29-25(33)21-8-7-17-31(19-21)27(34)24-18-28-32(23-9-3-2-4-10-23)26(24)30-15-5-6-16-30/h2-6,9-16,18,21H,7-8,17,19H2,1H3,(H,29,33)/t21-/m1/s1. The second kappa shape index (κ2) is 9.39. The number of anilines is 1. The number of amides is 2. The van der Waals surface area contributed by atoms with E-state index in [1.807, 2.05) is 90.6 Å². The van der Waals surface area contributed by atoms with Crippen molar-refractivity contribution in [2.45, 2.75) is 19.8 Å². The quantitative estimate of drug-likeness (QED) is 0.485. The molecule has 0 saturated carbocycles. The van der Waals surface area contributed by atoms with E-state index < -0.39 is 0 Å². The fourth-order valence-electron chi connectivity index (χ4n) is 4.40. The van der Waals surface area contributed by atoms with Gasteiger partial charge in [-0.2, -0.15) is 5.10 Å². The molecule has 0 aliphatic carbocycles. The summed E-state index contributed by atoms with van der Waals surface area (Å²) in [5.41, 5.74) is 3.30. The molecule has 1 fully saturated rings. The van der Waals surface area contributed by atoms with Crippen LogP contribution >= 0.6 is 0 Å². The highest BCUT2D eigenvalue weighted by atomic mass is 16.2. The van der Waals surface area contributed by atoms with Gasteiger partial charge in [0.25, 0.3) is 5.91 Å². The highest BCUT2D eigenvalue weighted by Crippen LogP contribution is 2.25. The largest absolute Gasteiger partial charge is 0.338 e. The van der Waals surface area contributed by atoms with Gasteiger partial charge in [-0.15, -0.1) is 0 Å². The van der Waals surface area contributed by atoms with E-state index in [0.717, 1.165) is 29.8 Å². The van der Waals surface area contributed by atoms with Crippen LogP contribution < -0.4 is 5.32 Å². The van der Waals surface area contributed by atoms with Crippen LogP contribution in [0, 0.1) is 12.8 Å². The molecule has 2 amide bonds. The maximum atomic E-state index is 13.7. The molecule has 0 spiro atoms. The van der Waals surface area contributed by atoms with Crippen molar-refractivity contribution in [2.24, 2.45) is 5.92 Å². The Morgan fingerprint density at radius 2 is 1.71 bits per heavy atom. The average molecular weight is 454 g/mol. The van der Waals surface area contributed by atoms with Gasteiger partial charge in [0.1, 0.15) is 5.56 Å². The lowest BCUT2D eigenvalue weighted by molar-refractivity contribution is -0.121. The van der Waals surface area contributed by atoms with Gasteiger partial charge in [-0.1, -0.05) is 35.9 Å². The second-order valence-corrected chi connectivity index (χ2v) is 8.67. The Bertz CT molecular complexity index is 1280. The van der Waals surface area contributed by atoms with E-state index in [9.17, 15) is 9.59 Å². The number of para-hydroxylation sites is 1. The zero-order valence-electron chi connectivity index (χ0n) is 19.1. The van der Waals surface area contributed by atoms with Gasteiger partial charge >= 0.3 is 0 Å². The van der Waals surface area contributed by atoms with Crippen molar-refractivity contribution in [3.63, 3.8) is 0 Å². The average Bonchev–Trinajstić information content (AvgIpc) is 3.55. The fourth-order valence-corrected chi connectivity index (χ4v) is 4.40.